The summed E-state index contributed by atoms with van der Waals surface area (Å²) in [5.41, 5.74) is -1.21. The van der Waals surface area contributed by atoms with Crippen LogP contribution in [0.15, 0.2) is 42.6 Å². The Morgan fingerprint density at radius 1 is 1.08 bits per heavy atom. The van der Waals surface area contributed by atoms with Crippen LogP contribution in [0.3, 0.4) is 0 Å². The highest BCUT2D eigenvalue weighted by atomic mass is 19.4. The number of nitrogens with one attached hydrogen (secondary N) is 1. The molecule has 3 amide bonds. The molecule has 1 aromatic heterocycles. The Hall–Kier alpha value is -3.23. The van der Waals surface area contributed by atoms with Crippen LogP contribution >= 0.6 is 0 Å². The number of benzene rings is 1. The first-order valence-corrected chi connectivity index (χ1v) is 7.56. The number of para-hydroxylation sites is 1. The SMILES string of the molecule is O=C(CCN1C(=O)c2cccnc2C1=O)Nc1ccccc1C(F)(F)F. The third kappa shape index (κ3) is 3.28. The maximum atomic E-state index is 12.9. The fourth-order valence-electron chi connectivity index (χ4n) is 2.58. The van der Waals surface area contributed by atoms with Gasteiger partial charge < -0.3 is 5.32 Å². The van der Waals surface area contributed by atoms with Crippen molar-refractivity contribution in [3.8, 4) is 0 Å². The van der Waals surface area contributed by atoms with Crippen LogP contribution in [0.1, 0.15) is 32.8 Å². The zero-order valence-electron chi connectivity index (χ0n) is 13.2. The van der Waals surface area contributed by atoms with Gasteiger partial charge >= 0.3 is 6.18 Å². The lowest BCUT2D eigenvalue weighted by atomic mass is 10.1. The van der Waals surface area contributed by atoms with Crippen LogP contribution in [-0.4, -0.2) is 34.2 Å². The molecule has 134 valence electrons. The third-order valence-electron chi connectivity index (χ3n) is 3.80. The predicted octanol–water partition coefficient (Wildman–Crippen LogP) is 2.73. The van der Waals surface area contributed by atoms with Crippen molar-refractivity contribution in [3.63, 3.8) is 0 Å². The number of hydrogen-bond acceptors (Lipinski definition) is 4. The van der Waals surface area contributed by atoms with Crippen LogP contribution in [-0.2, 0) is 11.0 Å². The Balaban J connectivity index is 1.66. The molecule has 0 bridgehead atoms. The van der Waals surface area contributed by atoms with E-state index in [1.54, 1.807) is 0 Å². The van der Waals surface area contributed by atoms with Crippen LogP contribution in [0, 0.1) is 0 Å². The summed E-state index contributed by atoms with van der Waals surface area (Å²) >= 11 is 0. The molecule has 0 atom stereocenters. The van der Waals surface area contributed by atoms with Gasteiger partial charge in [-0.3, -0.25) is 24.3 Å². The maximum Gasteiger partial charge on any atom is 0.418 e. The Morgan fingerprint density at radius 2 is 1.81 bits per heavy atom. The van der Waals surface area contributed by atoms with Crippen LogP contribution in [0.2, 0.25) is 0 Å². The molecule has 0 aliphatic carbocycles. The largest absolute Gasteiger partial charge is 0.418 e. The second-order valence-electron chi connectivity index (χ2n) is 5.50. The molecule has 1 aliphatic heterocycles. The minimum atomic E-state index is -4.61. The van der Waals surface area contributed by atoms with Gasteiger partial charge in [0.1, 0.15) is 5.69 Å². The van der Waals surface area contributed by atoms with Crippen LogP contribution in [0.25, 0.3) is 0 Å². The summed E-state index contributed by atoms with van der Waals surface area (Å²) < 4.78 is 38.8. The van der Waals surface area contributed by atoms with Crippen LogP contribution in [0.5, 0.6) is 0 Å². The van der Waals surface area contributed by atoms with Crippen LogP contribution < -0.4 is 5.32 Å². The number of nitrogens with zero attached hydrogens (tertiary/aromatic N) is 2. The highest BCUT2D eigenvalue weighted by molar-refractivity contribution is 6.20. The smallest absolute Gasteiger partial charge is 0.325 e. The molecular weight excluding hydrogens is 351 g/mol. The van der Waals surface area contributed by atoms with Gasteiger partial charge in [0.2, 0.25) is 5.91 Å². The molecule has 6 nitrogen and oxygen atoms in total. The van der Waals surface area contributed by atoms with Crippen molar-refractivity contribution in [1.29, 1.82) is 0 Å². The monoisotopic (exact) mass is 363 g/mol. The number of rotatable bonds is 4. The molecule has 0 fully saturated rings. The van der Waals surface area contributed by atoms with Gasteiger partial charge in [-0.2, -0.15) is 13.2 Å². The van der Waals surface area contributed by atoms with E-state index in [0.717, 1.165) is 17.0 Å². The molecule has 1 N–H and O–H groups in total. The Morgan fingerprint density at radius 3 is 2.50 bits per heavy atom. The molecule has 0 saturated carbocycles. The van der Waals surface area contributed by atoms with E-state index < -0.39 is 29.5 Å². The Kier molecular flexibility index (Phi) is 4.45. The number of anilines is 1. The second-order valence-corrected chi connectivity index (χ2v) is 5.50. The van der Waals surface area contributed by atoms with Crippen molar-refractivity contribution in [2.24, 2.45) is 0 Å². The standard InChI is InChI=1S/C17H12F3N3O3/c18-17(19,20)11-5-1-2-6-12(11)22-13(24)7-9-23-15(25)10-4-3-8-21-14(10)16(23)26/h1-6,8H,7,9H2,(H,22,24). The first kappa shape index (κ1) is 17.6. The number of carbonyl (C=O) groups is 3. The van der Waals surface area contributed by atoms with Crippen molar-refractivity contribution in [2.75, 3.05) is 11.9 Å². The number of alkyl halides is 3. The number of carbonyl (C=O) groups excluding carboxylic acids is 3. The summed E-state index contributed by atoms with van der Waals surface area (Å²) in [7, 11) is 0. The van der Waals surface area contributed by atoms with Gasteiger partial charge in [0.25, 0.3) is 11.8 Å². The lowest BCUT2D eigenvalue weighted by molar-refractivity contribution is -0.137. The summed E-state index contributed by atoms with van der Waals surface area (Å²) in [5.74, 6) is -1.96. The molecule has 26 heavy (non-hydrogen) atoms. The average Bonchev–Trinajstić information content (AvgIpc) is 2.84. The molecule has 0 radical (unpaired) electrons. The van der Waals surface area contributed by atoms with Gasteiger partial charge in [-0.15, -0.1) is 0 Å². The minimum absolute atomic E-state index is 0.000301. The molecule has 3 rings (SSSR count). The first-order chi connectivity index (χ1) is 12.3. The molecule has 2 heterocycles. The zero-order chi connectivity index (χ0) is 18.9. The summed E-state index contributed by atoms with van der Waals surface area (Å²) in [5, 5.41) is 2.17. The number of aromatic nitrogens is 1. The van der Waals surface area contributed by atoms with E-state index in [4.69, 9.17) is 0 Å². The summed E-state index contributed by atoms with van der Waals surface area (Å²) in [6.45, 7) is -0.256. The van der Waals surface area contributed by atoms with Crippen molar-refractivity contribution in [3.05, 3.63) is 59.4 Å². The fraction of sp³-hybridized carbons (Fsp3) is 0.176. The fourth-order valence-corrected chi connectivity index (χ4v) is 2.58. The van der Waals surface area contributed by atoms with Gasteiger partial charge in [0.15, 0.2) is 0 Å². The van der Waals surface area contributed by atoms with Crippen molar-refractivity contribution < 1.29 is 27.6 Å². The molecule has 0 spiro atoms. The maximum absolute atomic E-state index is 12.9. The van der Waals surface area contributed by atoms with E-state index >= 15 is 0 Å². The lowest BCUT2D eigenvalue weighted by Crippen LogP contribution is -2.33. The summed E-state index contributed by atoms with van der Waals surface area (Å²) in [6.07, 6.45) is -3.58. The highest BCUT2D eigenvalue weighted by Gasteiger charge is 2.37. The normalized spacial score (nSPS) is 13.7. The summed E-state index contributed by atoms with van der Waals surface area (Å²) in [6, 6.07) is 7.51. The molecule has 0 saturated heterocycles. The zero-order valence-corrected chi connectivity index (χ0v) is 13.2. The number of amides is 3. The number of fused-ring (bicyclic) bond motifs is 1. The molecule has 0 unspecified atom stereocenters. The van der Waals surface area contributed by atoms with Gasteiger partial charge in [-0.05, 0) is 24.3 Å². The lowest BCUT2D eigenvalue weighted by Gasteiger charge is -2.15. The Bertz CT molecular complexity index is 861. The minimum Gasteiger partial charge on any atom is -0.325 e. The van der Waals surface area contributed by atoms with Gasteiger partial charge in [-0.1, -0.05) is 12.1 Å². The predicted molar refractivity (Wildman–Crippen MR) is 84.3 cm³/mol. The summed E-state index contributed by atoms with van der Waals surface area (Å²) in [4.78, 5) is 41.0. The highest BCUT2D eigenvalue weighted by Crippen LogP contribution is 2.34. The van der Waals surface area contributed by atoms with E-state index in [0.29, 0.717) is 0 Å². The topological polar surface area (TPSA) is 79.4 Å². The Labute approximate surface area is 145 Å². The average molecular weight is 363 g/mol. The molecule has 9 heteroatoms. The van der Waals surface area contributed by atoms with Gasteiger partial charge in [0.05, 0.1) is 16.8 Å². The number of pyridine rings is 1. The molecular formula is C17H12F3N3O3. The van der Waals surface area contributed by atoms with Crippen LogP contribution in [0.4, 0.5) is 18.9 Å². The third-order valence-corrected chi connectivity index (χ3v) is 3.80. The van der Waals surface area contributed by atoms with E-state index in [2.05, 4.69) is 10.3 Å². The number of halogens is 3. The van der Waals surface area contributed by atoms with Crippen molar-refractivity contribution in [2.45, 2.75) is 12.6 Å². The van der Waals surface area contributed by atoms with Crippen molar-refractivity contribution >= 4 is 23.4 Å². The van der Waals surface area contributed by atoms with Crippen molar-refractivity contribution in [1.82, 2.24) is 9.88 Å². The number of hydrogen-bond donors (Lipinski definition) is 1. The molecule has 1 aliphatic rings. The quantitative estimate of drug-likeness (QED) is 0.847. The van der Waals surface area contributed by atoms with E-state index in [1.165, 1.54) is 30.5 Å². The second kappa shape index (κ2) is 6.58. The first-order valence-electron chi connectivity index (χ1n) is 7.56. The van der Waals surface area contributed by atoms with E-state index in [9.17, 15) is 27.6 Å². The molecule has 2 aromatic rings. The van der Waals surface area contributed by atoms with Gasteiger partial charge in [-0.25, -0.2) is 0 Å². The van der Waals surface area contributed by atoms with Gasteiger partial charge in [0, 0.05) is 19.2 Å². The van der Waals surface area contributed by atoms with E-state index in [1.807, 2.05) is 0 Å². The molecule has 1 aromatic carbocycles. The number of imide groups is 1. The van der Waals surface area contributed by atoms with E-state index in [-0.39, 0.29) is 29.9 Å².